The van der Waals surface area contributed by atoms with E-state index in [1.54, 1.807) is 6.07 Å². The molecule has 3 aliphatic rings. The smallest absolute Gasteiger partial charge is 0.123 e. The Kier molecular flexibility index (Phi) is 5.81. The highest BCUT2D eigenvalue weighted by molar-refractivity contribution is 5.87. The first-order valence-corrected chi connectivity index (χ1v) is 11.5. The highest BCUT2D eigenvalue weighted by Crippen LogP contribution is 2.40. The lowest BCUT2D eigenvalue weighted by Crippen LogP contribution is -2.38. The van der Waals surface area contributed by atoms with Gasteiger partial charge in [-0.2, -0.15) is 0 Å². The number of aromatic hydroxyl groups is 1. The number of phenols is 1. The molecule has 5 N–H and O–H groups in total. The fourth-order valence-corrected chi connectivity index (χ4v) is 5.09. The molecule has 0 spiro atoms. The van der Waals surface area contributed by atoms with Crippen LogP contribution in [0.15, 0.2) is 59.5 Å². The van der Waals surface area contributed by atoms with Crippen LogP contribution in [0.25, 0.3) is 17.2 Å². The van der Waals surface area contributed by atoms with Gasteiger partial charge in [-0.25, -0.2) is 0 Å². The van der Waals surface area contributed by atoms with Crippen molar-refractivity contribution < 1.29 is 15.3 Å². The number of piperidine rings is 1. The molecule has 168 valence electrons. The number of H-pyrrole nitrogens is 1. The number of aliphatic hydroxyl groups excluding tert-OH is 2. The number of allylic oxidation sites excluding steroid dienone is 2. The number of benzene rings is 1. The highest BCUT2D eigenvalue weighted by Gasteiger charge is 2.27. The predicted molar refractivity (Wildman–Crippen MR) is 128 cm³/mol. The van der Waals surface area contributed by atoms with E-state index in [1.807, 2.05) is 36.5 Å². The maximum Gasteiger partial charge on any atom is 0.123 e. The summed E-state index contributed by atoms with van der Waals surface area (Å²) in [6.45, 7) is 3.81. The van der Waals surface area contributed by atoms with Gasteiger partial charge in [-0.3, -0.25) is 0 Å². The summed E-state index contributed by atoms with van der Waals surface area (Å²) in [5, 5.41) is 33.7. The van der Waals surface area contributed by atoms with Crippen molar-refractivity contribution in [3.63, 3.8) is 0 Å². The molecule has 1 aliphatic carbocycles. The van der Waals surface area contributed by atoms with Gasteiger partial charge < -0.3 is 30.5 Å². The van der Waals surface area contributed by atoms with E-state index in [2.05, 4.69) is 21.3 Å². The van der Waals surface area contributed by atoms with Crippen LogP contribution in [-0.4, -0.2) is 58.0 Å². The van der Waals surface area contributed by atoms with Crippen LogP contribution in [0, 0.1) is 11.8 Å². The van der Waals surface area contributed by atoms with Gasteiger partial charge in [0, 0.05) is 48.5 Å². The molecule has 0 amide bonds. The van der Waals surface area contributed by atoms with Gasteiger partial charge >= 0.3 is 0 Å². The standard InChI is InChI=1S/C26H31N3O3/c30-16-17-7-9-29(10-8-17)15-20-11-18(5-6-24(20)31)19-12-22-23(14-28-26(22)27-13-19)21-3-1-2-4-25(21)32/h1-6,12,14,17,20,27-28,30-32H,7-11,13,15-16H2. The zero-order valence-electron chi connectivity index (χ0n) is 18.2. The number of nitrogens with one attached hydrogen (secondary N) is 2. The minimum atomic E-state index is 0.0897. The molecule has 32 heavy (non-hydrogen) atoms. The third-order valence-corrected chi connectivity index (χ3v) is 7.09. The molecule has 0 bridgehead atoms. The first-order chi connectivity index (χ1) is 15.6. The van der Waals surface area contributed by atoms with E-state index in [0.29, 0.717) is 11.7 Å². The third-order valence-electron chi connectivity index (χ3n) is 7.09. The van der Waals surface area contributed by atoms with Gasteiger partial charge in [-0.15, -0.1) is 0 Å². The first-order valence-electron chi connectivity index (χ1n) is 11.5. The van der Waals surface area contributed by atoms with Crippen LogP contribution >= 0.6 is 0 Å². The lowest BCUT2D eigenvalue weighted by Gasteiger charge is -2.34. The molecule has 6 nitrogen and oxygen atoms in total. The number of likely N-dealkylation sites (tertiary alicyclic amines) is 1. The summed E-state index contributed by atoms with van der Waals surface area (Å²) in [5.74, 6) is 2.20. The van der Waals surface area contributed by atoms with E-state index in [0.717, 1.165) is 67.9 Å². The molecular weight excluding hydrogens is 402 g/mol. The Balaban J connectivity index is 1.34. The zero-order valence-corrected chi connectivity index (χ0v) is 18.2. The van der Waals surface area contributed by atoms with E-state index in [9.17, 15) is 15.3 Å². The Morgan fingerprint density at radius 2 is 1.81 bits per heavy atom. The van der Waals surface area contributed by atoms with Crippen molar-refractivity contribution in [2.45, 2.75) is 19.3 Å². The number of para-hydroxylation sites is 1. The summed E-state index contributed by atoms with van der Waals surface area (Å²) < 4.78 is 0. The van der Waals surface area contributed by atoms with Gasteiger partial charge in [0.1, 0.15) is 11.6 Å². The predicted octanol–water partition coefficient (Wildman–Crippen LogP) is 4.29. The van der Waals surface area contributed by atoms with E-state index in [-0.39, 0.29) is 18.3 Å². The second-order valence-electron chi connectivity index (χ2n) is 9.14. The Morgan fingerprint density at radius 1 is 1.00 bits per heavy atom. The summed E-state index contributed by atoms with van der Waals surface area (Å²) in [6.07, 6.45) is 10.9. The van der Waals surface area contributed by atoms with Gasteiger partial charge in [0.25, 0.3) is 0 Å². The number of anilines is 1. The van der Waals surface area contributed by atoms with Crippen molar-refractivity contribution >= 4 is 11.9 Å². The number of aromatic nitrogens is 1. The summed E-state index contributed by atoms with van der Waals surface area (Å²) >= 11 is 0. The van der Waals surface area contributed by atoms with Crippen LogP contribution < -0.4 is 5.32 Å². The number of hydrogen-bond acceptors (Lipinski definition) is 5. The minimum absolute atomic E-state index is 0.0897. The Labute approximate surface area is 188 Å². The van der Waals surface area contributed by atoms with E-state index >= 15 is 0 Å². The number of fused-ring (bicyclic) bond motifs is 1. The number of rotatable bonds is 5. The number of phenolic OH excluding ortho intramolecular Hbond substituents is 1. The summed E-state index contributed by atoms with van der Waals surface area (Å²) in [4.78, 5) is 5.71. The average Bonchev–Trinajstić information content (AvgIpc) is 3.24. The first kappa shape index (κ1) is 20.9. The van der Waals surface area contributed by atoms with E-state index in [4.69, 9.17) is 0 Å². The van der Waals surface area contributed by atoms with Gasteiger partial charge in [0.2, 0.25) is 0 Å². The van der Waals surface area contributed by atoms with Crippen molar-refractivity contribution in [1.29, 1.82) is 0 Å². The summed E-state index contributed by atoms with van der Waals surface area (Å²) in [7, 11) is 0. The zero-order chi connectivity index (χ0) is 22.1. The van der Waals surface area contributed by atoms with Crippen LogP contribution in [0.2, 0.25) is 0 Å². The fraction of sp³-hybridized carbons (Fsp3) is 0.385. The molecule has 1 aromatic carbocycles. The largest absolute Gasteiger partial charge is 0.512 e. The molecule has 0 saturated carbocycles. The molecular formula is C26H31N3O3. The van der Waals surface area contributed by atoms with Crippen molar-refractivity contribution in [2.75, 3.05) is 38.1 Å². The van der Waals surface area contributed by atoms with Crippen molar-refractivity contribution in [3.8, 4) is 16.9 Å². The van der Waals surface area contributed by atoms with Gasteiger partial charge in [0.15, 0.2) is 0 Å². The quantitative estimate of drug-likeness (QED) is 0.485. The van der Waals surface area contributed by atoms with Gasteiger partial charge in [-0.1, -0.05) is 24.3 Å². The van der Waals surface area contributed by atoms with Crippen molar-refractivity contribution in [1.82, 2.24) is 9.88 Å². The topological polar surface area (TPSA) is 91.8 Å². The number of aliphatic hydroxyl groups is 2. The molecule has 5 rings (SSSR count). The van der Waals surface area contributed by atoms with Gasteiger partial charge in [0.05, 0.1) is 5.76 Å². The molecule has 1 fully saturated rings. The second kappa shape index (κ2) is 8.88. The lowest BCUT2D eigenvalue weighted by molar-refractivity contribution is 0.116. The summed E-state index contributed by atoms with van der Waals surface area (Å²) in [6, 6.07) is 7.40. The minimum Gasteiger partial charge on any atom is -0.512 e. The highest BCUT2D eigenvalue weighted by atomic mass is 16.3. The molecule has 6 heteroatoms. The van der Waals surface area contributed by atoms with Gasteiger partial charge in [-0.05, 0) is 67.6 Å². The Bertz CT molecular complexity index is 1070. The summed E-state index contributed by atoms with van der Waals surface area (Å²) in [5.41, 5.74) is 5.28. The fourth-order valence-electron chi connectivity index (χ4n) is 5.09. The van der Waals surface area contributed by atoms with E-state index in [1.165, 1.54) is 11.1 Å². The molecule has 1 aromatic heterocycles. The van der Waals surface area contributed by atoms with E-state index < -0.39 is 0 Å². The number of hydrogen-bond donors (Lipinski definition) is 5. The normalized spacial score (nSPS) is 21.9. The second-order valence-corrected chi connectivity index (χ2v) is 9.14. The van der Waals surface area contributed by atoms with Crippen LogP contribution in [-0.2, 0) is 0 Å². The van der Waals surface area contributed by atoms with Crippen LogP contribution in [0.5, 0.6) is 5.75 Å². The Hall–Kier alpha value is -2.96. The average molecular weight is 434 g/mol. The molecule has 0 radical (unpaired) electrons. The van der Waals surface area contributed by atoms with Crippen LogP contribution in [0.1, 0.15) is 24.8 Å². The molecule has 1 saturated heterocycles. The molecule has 2 aliphatic heterocycles. The maximum absolute atomic E-state index is 10.5. The number of aromatic amines is 1. The SMILES string of the molecule is OCC1CCN(CC2CC(C3=Cc4c(-c5ccccc5O)c[nH]c4NC3)=CC=C2O)CC1. The molecule has 1 unspecified atom stereocenters. The maximum atomic E-state index is 10.5. The lowest BCUT2D eigenvalue weighted by atomic mass is 9.85. The Morgan fingerprint density at radius 3 is 2.59 bits per heavy atom. The number of nitrogens with zero attached hydrogens (tertiary/aromatic N) is 1. The van der Waals surface area contributed by atoms with Crippen LogP contribution in [0.3, 0.4) is 0 Å². The molecule has 2 aromatic rings. The van der Waals surface area contributed by atoms with Crippen molar-refractivity contribution in [2.24, 2.45) is 11.8 Å². The molecule has 1 atom stereocenters. The van der Waals surface area contributed by atoms with Crippen molar-refractivity contribution in [3.05, 3.63) is 65.1 Å². The van der Waals surface area contributed by atoms with Crippen LogP contribution in [0.4, 0.5) is 5.82 Å². The third kappa shape index (κ3) is 4.08. The molecule has 3 heterocycles. The monoisotopic (exact) mass is 433 g/mol.